The summed E-state index contributed by atoms with van der Waals surface area (Å²) in [6.45, 7) is 3.45. The van der Waals surface area contributed by atoms with Crippen LogP contribution in [0.2, 0.25) is 0 Å². The normalized spacial score (nSPS) is 12.7. The first-order valence-corrected chi connectivity index (χ1v) is 5.01. The average molecular weight is 218 g/mol. The number of hydrogen-bond donors (Lipinski definition) is 0. The zero-order valence-electron chi connectivity index (χ0n) is 9.07. The molecule has 1 aromatic carbocycles. The van der Waals surface area contributed by atoms with Gasteiger partial charge in [-0.2, -0.15) is 4.91 Å². The number of nitrogens with zero attached hydrogens (tertiary/aromatic N) is 2. The largest absolute Gasteiger partial charge is 0.250 e. The van der Waals surface area contributed by atoms with Crippen molar-refractivity contribution in [3.63, 3.8) is 0 Å². The van der Waals surface area contributed by atoms with Gasteiger partial charge in [0.2, 0.25) is 0 Å². The molecule has 0 fully saturated rings. The number of aromatic nitrogens is 1. The minimum absolute atomic E-state index is 0.335. The standard InChI is InChI=1S/C12H11FN2O/c1-7-10(8(2)15-16)6-9-4-3-5-11(13)12(9)14-7/h3-6,8H,1-2H3. The Bertz CT molecular complexity index is 554. The molecule has 1 unspecified atom stereocenters. The van der Waals surface area contributed by atoms with Gasteiger partial charge < -0.3 is 0 Å². The second-order valence-corrected chi connectivity index (χ2v) is 3.76. The van der Waals surface area contributed by atoms with Crippen molar-refractivity contribution < 1.29 is 4.39 Å². The lowest BCUT2D eigenvalue weighted by Gasteiger charge is -2.08. The molecule has 0 aliphatic carbocycles. The summed E-state index contributed by atoms with van der Waals surface area (Å²) in [6, 6.07) is 6.08. The minimum atomic E-state index is -0.458. The van der Waals surface area contributed by atoms with Crippen molar-refractivity contribution in [1.82, 2.24) is 4.98 Å². The molecule has 82 valence electrons. The van der Waals surface area contributed by atoms with Crippen LogP contribution >= 0.6 is 0 Å². The van der Waals surface area contributed by atoms with Crippen molar-refractivity contribution >= 4 is 10.9 Å². The van der Waals surface area contributed by atoms with Crippen LogP contribution in [0.3, 0.4) is 0 Å². The van der Waals surface area contributed by atoms with E-state index in [0.717, 1.165) is 5.56 Å². The number of halogens is 1. The van der Waals surface area contributed by atoms with Gasteiger partial charge in [0, 0.05) is 16.6 Å². The molecular weight excluding hydrogens is 207 g/mol. The quantitative estimate of drug-likeness (QED) is 0.724. The van der Waals surface area contributed by atoms with Crippen molar-refractivity contribution in [3.05, 3.63) is 46.2 Å². The molecule has 0 aliphatic heterocycles. The first-order chi connectivity index (χ1) is 7.63. The summed E-state index contributed by atoms with van der Waals surface area (Å²) in [5.41, 5.74) is 1.72. The lowest BCUT2D eigenvalue weighted by Crippen LogP contribution is -1.97. The molecule has 4 heteroatoms. The Labute approximate surface area is 92.3 Å². The molecule has 0 aliphatic rings. The van der Waals surface area contributed by atoms with Crippen LogP contribution in [0.1, 0.15) is 24.2 Å². The highest BCUT2D eigenvalue weighted by Gasteiger charge is 2.12. The van der Waals surface area contributed by atoms with Crippen LogP contribution in [-0.4, -0.2) is 4.98 Å². The van der Waals surface area contributed by atoms with E-state index in [-0.39, 0.29) is 5.82 Å². The summed E-state index contributed by atoms with van der Waals surface area (Å²) < 4.78 is 13.4. The van der Waals surface area contributed by atoms with Crippen molar-refractivity contribution in [1.29, 1.82) is 0 Å². The fourth-order valence-electron chi connectivity index (χ4n) is 1.75. The molecule has 2 rings (SSSR count). The highest BCUT2D eigenvalue weighted by molar-refractivity contribution is 5.80. The third kappa shape index (κ3) is 1.66. The molecule has 1 heterocycles. The van der Waals surface area contributed by atoms with E-state index in [1.54, 1.807) is 32.0 Å². The molecule has 0 N–H and O–H groups in total. The van der Waals surface area contributed by atoms with Crippen molar-refractivity contribution in [2.45, 2.75) is 19.9 Å². The number of hydrogen-bond acceptors (Lipinski definition) is 3. The topological polar surface area (TPSA) is 42.3 Å². The summed E-state index contributed by atoms with van der Waals surface area (Å²) in [4.78, 5) is 14.7. The van der Waals surface area contributed by atoms with E-state index < -0.39 is 6.04 Å². The van der Waals surface area contributed by atoms with Gasteiger partial charge in [0.15, 0.2) is 0 Å². The van der Waals surface area contributed by atoms with Gasteiger partial charge in [0.05, 0.1) is 0 Å². The molecule has 1 aromatic heterocycles. The fraction of sp³-hybridized carbons (Fsp3) is 0.250. The monoisotopic (exact) mass is 218 g/mol. The minimum Gasteiger partial charge on any atom is -0.250 e. The third-order valence-electron chi connectivity index (χ3n) is 2.63. The summed E-state index contributed by atoms with van der Waals surface area (Å²) in [6.07, 6.45) is 0. The van der Waals surface area contributed by atoms with Crippen LogP contribution in [-0.2, 0) is 0 Å². The van der Waals surface area contributed by atoms with Gasteiger partial charge in [-0.25, -0.2) is 9.37 Å². The number of fused-ring (bicyclic) bond motifs is 1. The van der Waals surface area contributed by atoms with Gasteiger partial charge >= 0.3 is 0 Å². The van der Waals surface area contributed by atoms with E-state index in [9.17, 15) is 9.30 Å². The highest BCUT2D eigenvalue weighted by Crippen LogP contribution is 2.24. The van der Waals surface area contributed by atoms with Crippen LogP contribution in [0.5, 0.6) is 0 Å². The van der Waals surface area contributed by atoms with Crippen LogP contribution in [0.25, 0.3) is 10.9 Å². The molecule has 0 radical (unpaired) electrons. The van der Waals surface area contributed by atoms with Crippen molar-refractivity contribution in [2.75, 3.05) is 0 Å². The maximum absolute atomic E-state index is 13.4. The Morgan fingerprint density at radius 1 is 1.44 bits per heavy atom. The van der Waals surface area contributed by atoms with E-state index in [2.05, 4.69) is 10.2 Å². The summed E-state index contributed by atoms with van der Waals surface area (Å²) in [7, 11) is 0. The Morgan fingerprint density at radius 2 is 2.19 bits per heavy atom. The second-order valence-electron chi connectivity index (χ2n) is 3.76. The summed E-state index contributed by atoms with van der Waals surface area (Å²) in [5.74, 6) is -0.348. The Morgan fingerprint density at radius 3 is 2.88 bits per heavy atom. The van der Waals surface area contributed by atoms with E-state index in [1.165, 1.54) is 6.07 Å². The first-order valence-electron chi connectivity index (χ1n) is 5.01. The van der Waals surface area contributed by atoms with Crippen molar-refractivity contribution in [2.24, 2.45) is 5.18 Å². The fourth-order valence-corrected chi connectivity index (χ4v) is 1.75. The highest BCUT2D eigenvalue weighted by atomic mass is 19.1. The van der Waals surface area contributed by atoms with E-state index in [1.807, 2.05) is 0 Å². The lowest BCUT2D eigenvalue weighted by atomic mass is 10.0. The maximum Gasteiger partial charge on any atom is 0.149 e. The Kier molecular flexibility index (Phi) is 2.64. The number of para-hydroxylation sites is 1. The smallest absolute Gasteiger partial charge is 0.149 e. The molecular formula is C12H11FN2O. The predicted molar refractivity (Wildman–Crippen MR) is 60.6 cm³/mol. The van der Waals surface area contributed by atoms with E-state index in [0.29, 0.717) is 16.6 Å². The lowest BCUT2D eigenvalue weighted by molar-refractivity contribution is 0.636. The molecule has 0 spiro atoms. The Balaban J connectivity index is 2.72. The average Bonchev–Trinajstić information content (AvgIpc) is 2.29. The molecule has 3 nitrogen and oxygen atoms in total. The first kappa shape index (κ1) is 10.7. The maximum atomic E-state index is 13.4. The summed E-state index contributed by atoms with van der Waals surface area (Å²) in [5, 5.41) is 3.66. The van der Waals surface area contributed by atoms with Crippen LogP contribution in [0.4, 0.5) is 4.39 Å². The van der Waals surface area contributed by atoms with Crippen LogP contribution < -0.4 is 0 Å². The number of nitroso groups, excluding NO2 is 1. The predicted octanol–water partition coefficient (Wildman–Crippen LogP) is 3.51. The zero-order valence-corrected chi connectivity index (χ0v) is 9.07. The number of aryl methyl sites for hydroxylation is 1. The van der Waals surface area contributed by atoms with Gasteiger partial charge in [-0.3, -0.25) is 0 Å². The van der Waals surface area contributed by atoms with Gasteiger partial charge in [0.25, 0.3) is 0 Å². The van der Waals surface area contributed by atoms with E-state index >= 15 is 0 Å². The molecule has 0 saturated carbocycles. The molecule has 0 bridgehead atoms. The third-order valence-corrected chi connectivity index (χ3v) is 2.63. The molecule has 1 atom stereocenters. The Hall–Kier alpha value is -1.84. The van der Waals surface area contributed by atoms with Crippen molar-refractivity contribution in [3.8, 4) is 0 Å². The second kappa shape index (κ2) is 3.96. The molecule has 0 amide bonds. The SMILES string of the molecule is Cc1nc2c(F)cccc2cc1C(C)N=O. The molecule has 16 heavy (non-hydrogen) atoms. The molecule has 0 saturated heterocycles. The van der Waals surface area contributed by atoms with E-state index in [4.69, 9.17) is 0 Å². The van der Waals surface area contributed by atoms with Crippen LogP contribution in [0.15, 0.2) is 29.4 Å². The van der Waals surface area contributed by atoms with Gasteiger partial charge in [-0.05, 0) is 26.0 Å². The van der Waals surface area contributed by atoms with Gasteiger partial charge in [-0.15, -0.1) is 0 Å². The molecule has 2 aromatic rings. The number of benzene rings is 1. The van der Waals surface area contributed by atoms with Gasteiger partial charge in [0.1, 0.15) is 17.4 Å². The number of pyridine rings is 1. The van der Waals surface area contributed by atoms with Crippen LogP contribution in [0, 0.1) is 17.6 Å². The van der Waals surface area contributed by atoms with Gasteiger partial charge in [-0.1, -0.05) is 17.3 Å². The number of rotatable bonds is 2. The summed E-state index contributed by atoms with van der Waals surface area (Å²) >= 11 is 0. The zero-order chi connectivity index (χ0) is 11.7.